The molecule has 2 aliphatic rings. The van der Waals surface area contributed by atoms with Gasteiger partial charge in [-0.3, -0.25) is 4.79 Å². The maximum atomic E-state index is 12.1. The van der Waals surface area contributed by atoms with Crippen molar-refractivity contribution in [2.24, 2.45) is 10.2 Å². The Bertz CT molecular complexity index is 2390. The number of azo groups is 1. The molecule has 1 radical (unpaired) electrons. The molecule has 4 N–H and O–H groups in total. The molecule has 4 aromatic carbocycles. The van der Waals surface area contributed by atoms with Gasteiger partial charge in [-0.2, -0.15) is 0 Å². The zero-order valence-corrected chi connectivity index (χ0v) is 33.2. The summed E-state index contributed by atoms with van der Waals surface area (Å²) < 4.78 is 8.78. The number of aliphatic hydroxyl groups is 1. The van der Waals surface area contributed by atoms with E-state index in [1.807, 2.05) is 18.2 Å². The minimum atomic E-state index is -0.930. The number of aliphatic hydroxyl groups excluding tert-OH is 1. The summed E-state index contributed by atoms with van der Waals surface area (Å²) in [5.74, 6) is -0.621. The summed E-state index contributed by atoms with van der Waals surface area (Å²) in [6.07, 6.45) is 2.13. The molecule has 0 saturated heterocycles. The van der Waals surface area contributed by atoms with E-state index in [0.717, 1.165) is 59.1 Å². The second kappa shape index (κ2) is 20.0. The Kier molecular flexibility index (Phi) is 15.3. The van der Waals surface area contributed by atoms with Crippen LogP contribution in [0.4, 0.5) is 11.4 Å². The molecule has 6 rings (SSSR count). The van der Waals surface area contributed by atoms with Crippen LogP contribution in [0.5, 0.6) is 5.75 Å². The summed E-state index contributed by atoms with van der Waals surface area (Å²) in [6.45, 7) is 11.8. The molecule has 1 aliphatic carbocycles. The molecule has 56 heavy (non-hydrogen) atoms. The summed E-state index contributed by atoms with van der Waals surface area (Å²) in [6, 6.07) is 35.0. The van der Waals surface area contributed by atoms with Crippen molar-refractivity contribution in [3.63, 3.8) is 0 Å². The predicted molar refractivity (Wildman–Crippen MR) is 218 cm³/mol. The monoisotopic (exact) mass is 798 g/mol. The summed E-state index contributed by atoms with van der Waals surface area (Å²) in [5, 5.41) is 41.3. The number of carboxylic acids is 1. The first kappa shape index (κ1) is 42.7. The van der Waals surface area contributed by atoms with E-state index < -0.39 is 11.9 Å². The van der Waals surface area contributed by atoms with E-state index in [2.05, 4.69) is 84.2 Å². The van der Waals surface area contributed by atoms with E-state index in [4.69, 9.17) is 4.42 Å². The molecule has 4 aromatic rings. The van der Waals surface area contributed by atoms with Crippen LogP contribution in [0.25, 0.3) is 33.4 Å². The maximum absolute atomic E-state index is 12.1. The van der Waals surface area contributed by atoms with E-state index in [1.165, 1.54) is 24.6 Å². The molecule has 0 saturated carbocycles. The van der Waals surface area contributed by atoms with Crippen molar-refractivity contribution >= 4 is 34.2 Å². The predicted octanol–water partition coefficient (Wildman–Crippen LogP) is 10.5. The minimum absolute atomic E-state index is 0. The number of aromatic carboxylic acids is 1. The number of anilines is 1. The third-order valence-corrected chi connectivity index (χ3v) is 9.47. The number of aromatic hydroxyl groups is 1. The van der Waals surface area contributed by atoms with Gasteiger partial charge in [0.15, 0.2) is 5.70 Å². The molecule has 0 bridgehead atoms. The third kappa shape index (κ3) is 9.98. The van der Waals surface area contributed by atoms with Gasteiger partial charge >= 0.3 is 5.97 Å². The Hall–Kier alpha value is -6.04. The topological polar surface area (TPSA) is 148 Å². The van der Waals surface area contributed by atoms with Crippen LogP contribution in [0.3, 0.4) is 0 Å². The zero-order valence-electron chi connectivity index (χ0n) is 32.1. The van der Waals surface area contributed by atoms with Crippen LogP contribution in [-0.4, -0.2) is 40.3 Å². The van der Waals surface area contributed by atoms with Gasteiger partial charge in [0.05, 0.1) is 11.6 Å². The van der Waals surface area contributed by atoms with Gasteiger partial charge in [-0.05, 0) is 93.1 Å². The van der Waals surface area contributed by atoms with Gasteiger partial charge in [-0.15, -0.1) is 10.2 Å². The number of rotatable bonds is 11. The molecule has 0 aromatic heterocycles. The molecule has 10 nitrogen and oxygen atoms in total. The fourth-order valence-electron chi connectivity index (χ4n) is 6.52. The van der Waals surface area contributed by atoms with E-state index in [-0.39, 0.29) is 39.7 Å². The molecule has 1 heterocycles. The maximum Gasteiger partial charge on any atom is 0.336 e. The largest absolute Gasteiger partial charge is 0.510 e. The van der Waals surface area contributed by atoms with Crippen LogP contribution in [0, 0.1) is 0 Å². The van der Waals surface area contributed by atoms with E-state index in [1.54, 1.807) is 48.5 Å². The number of benzene rings is 5. The fourth-order valence-corrected chi connectivity index (χ4v) is 6.52. The third-order valence-electron chi connectivity index (χ3n) is 9.47. The number of nitrogens with zero attached hydrogens (tertiary/aromatic N) is 3. The number of hydrogen-bond acceptors (Lipinski definition) is 7. The second-order valence-corrected chi connectivity index (χ2v) is 12.9. The average molecular weight is 799 g/mol. The van der Waals surface area contributed by atoms with E-state index in [9.17, 15) is 24.9 Å². The number of allylic oxidation sites excluding steroid dienone is 1. The molecule has 11 heteroatoms. The Balaban J connectivity index is 0.000000265. The summed E-state index contributed by atoms with van der Waals surface area (Å²) in [5.41, 5.74) is 5.43. The van der Waals surface area contributed by atoms with Crippen molar-refractivity contribution in [3.05, 3.63) is 143 Å². The van der Waals surface area contributed by atoms with Crippen LogP contribution in [0.15, 0.2) is 141 Å². The number of amides is 1. The zero-order chi connectivity index (χ0) is 39.5. The molecule has 0 fully saturated rings. The summed E-state index contributed by atoms with van der Waals surface area (Å²) in [7, 11) is 0. The summed E-state index contributed by atoms with van der Waals surface area (Å²) >= 11 is 0. The van der Waals surface area contributed by atoms with Crippen molar-refractivity contribution in [1.82, 2.24) is 4.58 Å². The van der Waals surface area contributed by atoms with Crippen molar-refractivity contribution in [3.8, 4) is 28.2 Å². The molecular formula is C45H47CoN4O6+. The first-order chi connectivity index (χ1) is 26.6. The number of para-hydroxylation sites is 2. The van der Waals surface area contributed by atoms with E-state index in [0.29, 0.717) is 22.7 Å². The average Bonchev–Trinajstić information content (AvgIpc) is 3.19. The van der Waals surface area contributed by atoms with Crippen molar-refractivity contribution < 1.29 is 46.1 Å². The van der Waals surface area contributed by atoms with Crippen LogP contribution in [0.2, 0.25) is 0 Å². The quantitative estimate of drug-likeness (QED) is 0.0337. The fraction of sp³-hybridized carbons (Fsp3) is 0.222. The smallest absolute Gasteiger partial charge is 0.336 e. The normalized spacial score (nSPS) is 11.5. The Morgan fingerprint density at radius 3 is 2.09 bits per heavy atom. The van der Waals surface area contributed by atoms with Crippen LogP contribution in [0.1, 0.15) is 69.3 Å². The number of fused-ring (bicyclic) bond motifs is 2. The first-order valence-electron chi connectivity index (χ1n) is 18.5. The van der Waals surface area contributed by atoms with E-state index >= 15 is 0 Å². The number of nitrogens with one attached hydrogen (secondary N) is 1. The van der Waals surface area contributed by atoms with Gasteiger partial charge < -0.3 is 25.1 Å². The van der Waals surface area contributed by atoms with Gasteiger partial charge in [0.2, 0.25) is 5.36 Å². The summed E-state index contributed by atoms with van der Waals surface area (Å²) in [4.78, 5) is 24.2. The van der Waals surface area contributed by atoms with Crippen LogP contribution >= 0.6 is 0 Å². The Labute approximate surface area is 337 Å². The SMILES string of the molecule is CC(O)=C(N=Nc1ccccc1O)C(=O)Nc1ccccc1.CCC(CC)c1ccc2c(-c3ccccc3C(=O)O)c3ccc(=[N+](CC)CC)cc-3oc2c1.[Co]. The van der Waals surface area contributed by atoms with Gasteiger partial charge in [-0.1, -0.05) is 74.5 Å². The van der Waals surface area contributed by atoms with Crippen LogP contribution in [-0.2, 0) is 21.6 Å². The molecule has 291 valence electrons. The van der Waals surface area contributed by atoms with Crippen molar-refractivity contribution in [1.29, 1.82) is 0 Å². The number of carbonyl (C=O) groups is 2. The second-order valence-electron chi connectivity index (χ2n) is 12.9. The van der Waals surface area contributed by atoms with Crippen molar-refractivity contribution in [2.75, 3.05) is 18.4 Å². The van der Waals surface area contributed by atoms with Gasteiger partial charge in [0, 0.05) is 45.0 Å². The van der Waals surface area contributed by atoms with Gasteiger partial charge in [0.1, 0.15) is 41.6 Å². The Morgan fingerprint density at radius 1 is 0.786 bits per heavy atom. The molecule has 1 aliphatic heterocycles. The molecule has 0 atom stereocenters. The molecular weight excluding hydrogens is 751 g/mol. The first-order valence-corrected chi connectivity index (χ1v) is 18.5. The van der Waals surface area contributed by atoms with Crippen molar-refractivity contribution in [2.45, 2.75) is 53.4 Å². The number of carbonyl (C=O) groups excluding carboxylic acids is 1. The van der Waals surface area contributed by atoms with Gasteiger partial charge in [-0.25, -0.2) is 9.37 Å². The molecule has 0 spiro atoms. The number of hydrogen-bond donors (Lipinski definition) is 4. The minimum Gasteiger partial charge on any atom is -0.510 e. The Morgan fingerprint density at radius 2 is 1.45 bits per heavy atom. The molecule has 1 amide bonds. The number of phenolic OH excluding ortho intramolecular Hbond substituents is 1. The van der Waals surface area contributed by atoms with Crippen LogP contribution < -0.4 is 15.2 Å². The molecule has 0 unspecified atom stereocenters. The standard InChI is InChI=1S/C29H31NO3.C16H15N3O3.Co/c1-5-19(6-2)20-13-15-24-26(17-20)33-27-18-21(30(7-3)8-4)14-16-25(27)28(24)22-11-9-10-12-23(22)29(31)32;1-11(20)15(16(22)17-12-7-3-2-4-8-12)19-18-13-9-5-6-10-14(13)21;/h9-19H,5-8H2,1-4H3;2-10,20-21H,1H3,(H,17,22);/p+1. The van der Waals surface area contributed by atoms with Gasteiger partial charge in [0.25, 0.3) is 5.91 Å². The number of carboxylic acid groups (broad SMARTS) is 1. The number of phenols is 1.